The second-order valence-electron chi connectivity index (χ2n) is 4.07. The summed E-state index contributed by atoms with van der Waals surface area (Å²) in [5.74, 6) is -1.68. The van der Waals surface area contributed by atoms with Crippen molar-refractivity contribution in [1.82, 2.24) is 0 Å². The summed E-state index contributed by atoms with van der Waals surface area (Å²) >= 11 is 1.29. The van der Waals surface area contributed by atoms with Gasteiger partial charge in [-0.25, -0.2) is 8.78 Å². The topological polar surface area (TPSA) is 55.1 Å². The summed E-state index contributed by atoms with van der Waals surface area (Å²) in [6.07, 6.45) is 0. The maximum absolute atomic E-state index is 13.0. The van der Waals surface area contributed by atoms with Crippen LogP contribution >= 0.6 is 11.8 Å². The first-order valence-corrected chi connectivity index (χ1v) is 6.76. The van der Waals surface area contributed by atoms with Crippen LogP contribution in [0.2, 0.25) is 0 Å². The molecule has 0 unspecified atom stereocenters. The Labute approximate surface area is 119 Å². The highest BCUT2D eigenvalue weighted by Gasteiger charge is 2.06. The molecule has 0 bridgehead atoms. The number of rotatable bonds is 4. The van der Waals surface area contributed by atoms with Crippen LogP contribution in [0.25, 0.3) is 0 Å². The Morgan fingerprint density at radius 1 is 1.15 bits per heavy atom. The van der Waals surface area contributed by atoms with Crippen LogP contribution in [0, 0.1) is 11.6 Å². The monoisotopic (exact) mass is 294 g/mol. The van der Waals surface area contributed by atoms with Gasteiger partial charge in [0.1, 0.15) is 11.6 Å². The van der Waals surface area contributed by atoms with E-state index < -0.39 is 11.6 Å². The summed E-state index contributed by atoms with van der Waals surface area (Å²) in [5, 5.41) is 2.44. The smallest absolute Gasteiger partial charge is 0.234 e. The van der Waals surface area contributed by atoms with Gasteiger partial charge in [0, 0.05) is 22.3 Å². The van der Waals surface area contributed by atoms with E-state index in [0.717, 1.165) is 23.1 Å². The lowest BCUT2D eigenvalue weighted by atomic mass is 10.3. The van der Waals surface area contributed by atoms with Crippen LogP contribution in [0.15, 0.2) is 47.4 Å². The number of hydrogen-bond acceptors (Lipinski definition) is 3. The third kappa shape index (κ3) is 4.24. The number of carbonyl (C=O) groups excluding carboxylic acids is 1. The summed E-state index contributed by atoms with van der Waals surface area (Å²) in [6, 6.07) is 9.99. The van der Waals surface area contributed by atoms with Crippen molar-refractivity contribution < 1.29 is 13.6 Å². The van der Waals surface area contributed by atoms with Crippen molar-refractivity contribution in [3.05, 3.63) is 54.1 Å². The molecule has 1 amide bonds. The second-order valence-corrected chi connectivity index (χ2v) is 5.12. The Kier molecular flexibility index (Phi) is 4.57. The maximum atomic E-state index is 13.0. The molecule has 0 saturated heterocycles. The largest absolute Gasteiger partial charge is 0.399 e. The highest BCUT2D eigenvalue weighted by atomic mass is 32.2. The van der Waals surface area contributed by atoms with Crippen LogP contribution in [0.5, 0.6) is 0 Å². The van der Waals surface area contributed by atoms with Gasteiger partial charge in [-0.2, -0.15) is 0 Å². The third-order valence-corrected chi connectivity index (χ3v) is 3.37. The minimum Gasteiger partial charge on any atom is -0.399 e. The molecular weight excluding hydrogens is 282 g/mol. The van der Waals surface area contributed by atoms with E-state index in [2.05, 4.69) is 5.32 Å². The van der Waals surface area contributed by atoms with Gasteiger partial charge in [0.25, 0.3) is 0 Å². The van der Waals surface area contributed by atoms with E-state index in [1.54, 1.807) is 18.2 Å². The Morgan fingerprint density at radius 2 is 1.85 bits per heavy atom. The molecule has 104 valence electrons. The fraction of sp³-hybridized carbons (Fsp3) is 0.0714. The quantitative estimate of drug-likeness (QED) is 0.672. The molecule has 2 aromatic rings. The van der Waals surface area contributed by atoms with Crippen LogP contribution in [0.1, 0.15) is 0 Å². The normalized spacial score (nSPS) is 10.3. The van der Waals surface area contributed by atoms with E-state index >= 15 is 0 Å². The van der Waals surface area contributed by atoms with Gasteiger partial charge in [-0.05, 0) is 30.3 Å². The average molecular weight is 294 g/mol. The lowest BCUT2D eigenvalue weighted by Gasteiger charge is -2.06. The van der Waals surface area contributed by atoms with E-state index in [-0.39, 0.29) is 17.3 Å². The minimum atomic E-state index is -0.733. The first-order chi connectivity index (χ1) is 9.52. The molecule has 0 aliphatic heterocycles. The molecule has 6 heteroatoms. The standard InChI is InChI=1S/C14H12F2N2OS/c15-9-4-10(16)6-12(5-9)18-14(19)8-20-13-3-1-2-11(17)7-13/h1-7H,8,17H2,(H,18,19). The summed E-state index contributed by atoms with van der Waals surface area (Å²) in [4.78, 5) is 12.5. The molecule has 0 radical (unpaired) electrons. The van der Waals surface area contributed by atoms with E-state index in [1.807, 2.05) is 6.07 Å². The number of thioether (sulfide) groups is 1. The predicted octanol–water partition coefficient (Wildman–Crippen LogP) is 3.28. The number of nitrogens with one attached hydrogen (secondary N) is 1. The Morgan fingerprint density at radius 3 is 2.50 bits per heavy atom. The second kappa shape index (κ2) is 6.38. The van der Waals surface area contributed by atoms with E-state index in [9.17, 15) is 13.6 Å². The molecule has 0 aliphatic rings. The number of amides is 1. The number of carbonyl (C=O) groups is 1. The first kappa shape index (κ1) is 14.3. The zero-order valence-corrected chi connectivity index (χ0v) is 11.2. The van der Waals surface area contributed by atoms with Crippen LogP contribution in [0.4, 0.5) is 20.2 Å². The summed E-state index contributed by atoms with van der Waals surface area (Å²) in [6.45, 7) is 0. The van der Waals surface area contributed by atoms with E-state index in [1.165, 1.54) is 11.8 Å². The molecule has 0 spiro atoms. The van der Waals surface area contributed by atoms with Gasteiger partial charge >= 0.3 is 0 Å². The number of nitrogen functional groups attached to an aromatic ring is 1. The van der Waals surface area contributed by atoms with Crippen molar-refractivity contribution in [2.75, 3.05) is 16.8 Å². The van der Waals surface area contributed by atoms with Crippen LogP contribution in [-0.2, 0) is 4.79 Å². The van der Waals surface area contributed by atoms with Gasteiger partial charge in [0.2, 0.25) is 5.91 Å². The fourth-order valence-electron chi connectivity index (χ4n) is 1.58. The highest BCUT2D eigenvalue weighted by molar-refractivity contribution is 8.00. The molecule has 3 nitrogen and oxygen atoms in total. The summed E-state index contributed by atoms with van der Waals surface area (Å²) in [5.41, 5.74) is 6.34. The molecule has 0 aromatic heterocycles. The number of hydrogen-bond donors (Lipinski definition) is 2. The highest BCUT2D eigenvalue weighted by Crippen LogP contribution is 2.20. The van der Waals surface area contributed by atoms with Crippen molar-refractivity contribution in [2.24, 2.45) is 0 Å². The van der Waals surface area contributed by atoms with E-state index in [4.69, 9.17) is 5.73 Å². The van der Waals surface area contributed by atoms with Crippen molar-refractivity contribution in [3.63, 3.8) is 0 Å². The van der Waals surface area contributed by atoms with Gasteiger partial charge < -0.3 is 11.1 Å². The lowest BCUT2D eigenvalue weighted by molar-refractivity contribution is -0.113. The SMILES string of the molecule is Nc1cccc(SCC(=O)Nc2cc(F)cc(F)c2)c1. The molecule has 0 aliphatic carbocycles. The average Bonchev–Trinajstić information content (AvgIpc) is 2.35. The minimum absolute atomic E-state index is 0.0978. The third-order valence-electron chi connectivity index (χ3n) is 2.37. The Balaban J connectivity index is 1.92. The summed E-state index contributed by atoms with van der Waals surface area (Å²) < 4.78 is 25.9. The fourth-order valence-corrected chi connectivity index (χ4v) is 2.34. The van der Waals surface area contributed by atoms with E-state index in [0.29, 0.717) is 5.69 Å². The molecule has 0 fully saturated rings. The number of anilines is 2. The van der Waals surface area contributed by atoms with Crippen molar-refractivity contribution >= 4 is 29.0 Å². The zero-order valence-electron chi connectivity index (χ0n) is 10.4. The molecule has 0 atom stereocenters. The maximum Gasteiger partial charge on any atom is 0.234 e. The van der Waals surface area contributed by atoms with Crippen molar-refractivity contribution in [2.45, 2.75) is 4.90 Å². The lowest BCUT2D eigenvalue weighted by Crippen LogP contribution is -2.14. The number of nitrogens with two attached hydrogens (primary N) is 1. The molecule has 2 rings (SSSR count). The molecular formula is C14H12F2N2OS. The van der Waals surface area contributed by atoms with Crippen LogP contribution < -0.4 is 11.1 Å². The van der Waals surface area contributed by atoms with Gasteiger partial charge in [-0.1, -0.05) is 6.07 Å². The Hall–Kier alpha value is -2.08. The number of halogens is 2. The summed E-state index contributed by atoms with van der Waals surface area (Å²) in [7, 11) is 0. The zero-order chi connectivity index (χ0) is 14.5. The predicted molar refractivity (Wildman–Crippen MR) is 76.6 cm³/mol. The van der Waals surface area contributed by atoms with Gasteiger partial charge in [0.15, 0.2) is 0 Å². The first-order valence-electron chi connectivity index (χ1n) is 5.77. The Bertz CT molecular complexity index is 614. The number of benzene rings is 2. The molecule has 0 heterocycles. The molecule has 2 aromatic carbocycles. The van der Waals surface area contributed by atoms with Gasteiger partial charge in [0.05, 0.1) is 5.75 Å². The van der Waals surface area contributed by atoms with Gasteiger partial charge in [-0.3, -0.25) is 4.79 Å². The van der Waals surface area contributed by atoms with Gasteiger partial charge in [-0.15, -0.1) is 11.8 Å². The molecule has 0 saturated carbocycles. The molecule has 3 N–H and O–H groups in total. The van der Waals surface area contributed by atoms with Crippen molar-refractivity contribution in [3.8, 4) is 0 Å². The van der Waals surface area contributed by atoms with Crippen LogP contribution in [0.3, 0.4) is 0 Å². The molecule has 20 heavy (non-hydrogen) atoms. The van der Waals surface area contributed by atoms with Crippen molar-refractivity contribution in [1.29, 1.82) is 0 Å². The van der Waals surface area contributed by atoms with Crippen LogP contribution in [-0.4, -0.2) is 11.7 Å².